The van der Waals surface area contributed by atoms with E-state index in [1.165, 1.54) is 0 Å². The second kappa shape index (κ2) is 8.68. The molecule has 1 aromatic heterocycles. The van der Waals surface area contributed by atoms with Crippen LogP contribution in [0.5, 0.6) is 11.5 Å². The second-order valence-electron chi connectivity index (χ2n) is 8.25. The number of hydrogen-bond donors (Lipinski definition) is 1. The van der Waals surface area contributed by atoms with Crippen LogP contribution >= 0.6 is 0 Å². The van der Waals surface area contributed by atoms with E-state index >= 15 is 0 Å². The van der Waals surface area contributed by atoms with Gasteiger partial charge >= 0.3 is 0 Å². The molecule has 2 aromatic rings. The van der Waals surface area contributed by atoms with E-state index in [2.05, 4.69) is 5.16 Å². The molecule has 7 nitrogen and oxygen atoms in total. The number of aliphatic hydroxyl groups is 1. The fourth-order valence-electron chi connectivity index (χ4n) is 4.75. The molecule has 0 unspecified atom stereocenters. The van der Waals surface area contributed by atoms with Crippen molar-refractivity contribution in [2.24, 2.45) is 11.8 Å². The van der Waals surface area contributed by atoms with E-state index in [1.807, 2.05) is 43.0 Å². The Morgan fingerprint density at radius 3 is 2.70 bits per heavy atom. The topological polar surface area (TPSA) is 85.0 Å². The summed E-state index contributed by atoms with van der Waals surface area (Å²) in [6, 6.07) is 7.52. The van der Waals surface area contributed by atoms with Crippen LogP contribution in [0.4, 0.5) is 0 Å². The van der Waals surface area contributed by atoms with E-state index in [1.54, 1.807) is 6.92 Å². The molecular weight excluding hydrogens is 384 g/mol. The highest BCUT2D eigenvalue weighted by atomic mass is 16.5. The minimum absolute atomic E-state index is 0.0172. The predicted octanol–water partition coefficient (Wildman–Crippen LogP) is 3.23. The number of amides is 1. The van der Waals surface area contributed by atoms with Crippen LogP contribution in [0.2, 0.25) is 0 Å². The first-order chi connectivity index (χ1) is 14.5. The number of carbonyl (C=O) groups excluding carboxylic acids is 1. The summed E-state index contributed by atoms with van der Waals surface area (Å²) >= 11 is 0. The lowest BCUT2D eigenvalue weighted by molar-refractivity contribution is -0.0232. The molecule has 1 aliphatic heterocycles. The van der Waals surface area contributed by atoms with Crippen LogP contribution in [-0.2, 0) is 6.42 Å². The first-order valence-corrected chi connectivity index (χ1v) is 10.8. The van der Waals surface area contributed by atoms with Gasteiger partial charge in [0.05, 0.1) is 18.4 Å². The average molecular weight is 415 g/mol. The first kappa shape index (κ1) is 20.7. The van der Waals surface area contributed by atoms with Gasteiger partial charge in [-0.25, -0.2) is 0 Å². The number of hydrogen-bond acceptors (Lipinski definition) is 6. The average Bonchev–Trinajstić information content (AvgIpc) is 3.31. The van der Waals surface area contributed by atoms with Crippen LogP contribution in [0.3, 0.4) is 0 Å². The molecule has 2 fully saturated rings. The summed E-state index contributed by atoms with van der Waals surface area (Å²) in [7, 11) is 0. The zero-order valence-corrected chi connectivity index (χ0v) is 17.8. The summed E-state index contributed by atoms with van der Waals surface area (Å²) in [5.74, 6) is 2.60. The van der Waals surface area contributed by atoms with E-state index in [-0.39, 0.29) is 17.9 Å². The van der Waals surface area contributed by atoms with Gasteiger partial charge in [-0.15, -0.1) is 0 Å². The fourth-order valence-corrected chi connectivity index (χ4v) is 4.75. The van der Waals surface area contributed by atoms with E-state index in [4.69, 9.17) is 14.0 Å². The highest BCUT2D eigenvalue weighted by molar-refractivity contribution is 5.96. The summed E-state index contributed by atoms with van der Waals surface area (Å²) in [6.45, 7) is 7.61. The number of rotatable bonds is 6. The van der Waals surface area contributed by atoms with Crippen LogP contribution in [-0.4, -0.2) is 53.0 Å². The van der Waals surface area contributed by atoms with Gasteiger partial charge in [-0.1, -0.05) is 18.1 Å². The Hall–Kier alpha value is -2.54. The molecule has 2 heterocycles. The standard InChI is InChI=1S/C23H30N2O5/c1-4-19-22(14(3)30-24-19)23(27)25-12-15-9-20(26)21(10-16(15)13-25)29-18-8-6-7-17(11-18)28-5-2/h6-8,11,15-16,20-21,26H,4-5,9-10,12-13H2,1-3H3/t15-,16+,20+,21+/m0/s1. The minimum Gasteiger partial charge on any atom is -0.494 e. The SMILES string of the molecule is CCOc1cccc(O[C@@H]2C[C@@H]3CN(C(=O)c4c(CC)noc4C)C[C@@H]3C[C@H]2O)c1. The van der Waals surface area contributed by atoms with Gasteiger partial charge in [0.25, 0.3) is 5.91 Å². The summed E-state index contributed by atoms with van der Waals surface area (Å²) in [5, 5.41) is 14.7. The van der Waals surface area contributed by atoms with Gasteiger partial charge in [0.15, 0.2) is 0 Å². The van der Waals surface area contributed by atoms with Crippen molar-refractivity contribution < 1.29 is 23.9 Å². The molecule has 0 bridgehead atoms. The molecule has 7 heteroatoms. The van der Waals surface area contributed by atoms with Crippen molar-refractivity contribution in [3.05, 3.63) is 41.3 Å². The smallest absolute Gasteiger partial charge is 0.259 e. The van der Waals surface area contributed by atoms with Crippen molar-refractivity contribution in [1.29, 1.82) is 0 Å². The van der Waals surface area contributed by atoms with Crippen molar-refractivity contribution in [3.63, 3.8) is 0 Å². The van der Waals surface area contributed by atoms with Crippen LogP contribution in [0.15, 0.2) is 28.8 Å². The summed E-state index contributed by atoms with van der Waals surface area (Å²) < 4.78 is 16.9. The molecule has 4 rings (SSSR count). The number of aryl methyl sites for hydroxylation is 2. The predicted molar refractivity (Wildman–Crippen MR) is 111 cm³/mol. The quantitative estimate of drug-likeness (QED) is 0.781. The number of carbonyl (C=O) groups is 1. The van der Waals surface area contributed by atoms with Crippen LogP contribution in [0.25, 0.3) is 0 Å². The molecule has 4 atom stereocenters. The summed E-state index contributed by atoms with van der Waals surface area (Å²) in [4.78, 5) is 15.0. The number of aliphatic hydroxyl groups excluding tert-OH is 1. The van der Waals surface area contributed by atoms with Crippen molar-refractivity contribution in [1.82, 2.24) is 10.1 Å². The van der Waals surface area contributed by atoms with Gasteiger partial charge in [0, 0.05) is 19.2 Å². The number of likely N-dealkylation sites (tertiary alicyclic amines) is 1. The van der Waals surface area contributed by atoms with E-state index in [9.17, 15) is 9.90 Å². The molecule has 1 N–H and O–H groups in total. The first-order valence-electron chi connectivity index (χ1n) is 10.8. The van der Waals surface area contributed by atoms with Gasteiger partial charge in [0.2, 0.25) is 0 Å². The van der Waals surface area contributed by atoms with Crippen LogP contribution in [0.1, 0.15) is 48.5 Å². The molecular formula is C23H30N2O5. The highest BCUT2D eigenvalue weighted by Crippen LogP contribution is 2.39. The Morgan fingerprint density at radius 2 is 1.97 bits per heavy atom. The molecule has 1 amide bonds. The number of fused-ring (bicyclic) bond motifs is 1. The van der Waals surface area contributed by atoms with Crippen molar-refractivity contribution >= 4 is 5.91 Å². The third kappa shape index (κ3) is 4.03. The lowest BCUT2D eigenvalue weighted by atomic mass is 9.78. The van der Waals surface area contributed by atoms with Gasteiger partial charge in [0.1, 0.15) is 28.9 Å². The maximum absolute atomic E-state index is 13.1. The molecule has 1 aliphatic carbocycles. The Labute approximate surface area is 176 Å². The summed E-state index contributed by atoms with van der Waals surface area (Å²) in [6.07, 6.45) is 1.17. The fraction of sp³-hybridized carbons (Fsp3) is 0.565. The molecule has 30 heavy (non-hydrogen) atoms. The third-order valence-electron chi connectivity index (χ3n) is 6.26. The van der Waals surface area contributed by atoms with Gasteiger partial charge in [-0.2, -0.15) is 0 Å². The van der Waals surface area contributed by atoms with Crippen LogP contribution in [0, 0.1) is 18.8 Å². The van der Waals surface area contributed by atoms with E-state index in [0.29, 0.717) is 61.2 Å². The van der Waals surface area contributed by atoms with Gasteiger partial charge in [-0.3, -0.25) is 4.79 Å². The molecule has 162 valence electrons. The zero-order valence-electron chi connectivity index (χ0n) is 17.8. The molecule has 0 spiro atoms. The number of nitrogens with zero attached hydrogens (tertiary/aromatic N) is 2. The number of aromatic nitrogens is 1. The van der Waals surface area contributed by atoms with Crippen molar-refractivity contribution in [2.45, 2.75) is 52.2 Å². The largest absolute Gasteiger partial charge is 0.494 e. The van der Waals surface area contributed by atoms with E-state index in [0.717, 1.165) is 12.2 Å². The van der Waals surface area contributed by atoms with E-state index < -0.39 is 6.10 Å². The second-order valence-corrected chi connectivity index (χ2v) is 8.25. The number of benzene rings is 1. The third-order valence-corrected chi connectivity index (χ3v) is 6.26. The molecule has 1 saturated heterocycles. The number of ether oxygens (including phenoxy) is 2. The maximum Gasteiger partial charge on any atom is 0.259 e. The highest BCUT2D eigenvalue weighted by Gasteiger charge is 2.44. The monoisotopic (exact) mass is 414 g/mol. The van der Waals surface area contributed by atoms with Crippen LogP contribution < -0.4 is 9.47 Å². The molecule has 1 aromatic carbocycles. The molecule has 2 aliphatic rings. The minimum atomic E-state index is -0.555. The maximum atomic E-state index is 13.1. The normalized spacial score (nSPS) is 25.8. The van der Waals surface area contributed by atoms with Gasteiger partial charge in [-0.05, 0) is 57.1 Å². The molecule has 1 saturated carbocycles. The lowest BCUT2D eigenvalue weighted by Crippen LogP contribution is -2.42. The zero-order chi connectivity index (χ0) is 21.3. The Morgan fingerprint density at radius 1 is 1.23 bits per heavy atom. The molecule has 0 radical (unpaired) electrons. The van der Waals surface area contributed by atoms with Crippen molar-refractivity contribution in [3.8, 4) is 11.5 Å². The Balaban J connectivity index is 1.43. The van der Waals surface area contributed by atoms with Crippen molar-refractivity contribution in [2.75, 3.05) is 19.7 Å². The lowest BCUT2D eigenvalue weighted by Gasteiger charge is -2.35. The Bertz CT molecular complexity index is 895. The Kier molecular flexibility index (Phi) is 5.99. The summed E-state index contributed by atoms with van der Waals surface area (Å²) in [5.41, 5.74) is 1.31. The van der Waals surface area contributed by atoms with Gasteiger partial charge < -0.3 is 24.0 Å².